The molecule has 2 fully saturated rings. The van der Waals surface area contributed by atoms with Crippen LogP contribution in [0.4, 0.5) is 0 Å². The Kier molecular flexibility index (Phi) is 5.93. The molecule has 2 heterocycles. The second-order valence-electron chi connectivity index (χ2n) is 4.04. The highest BCUT2D eigenvalue weighted by molar-refractivity contribution is 5.69. The summed E-state index contributed by atoms with van der Waals surface area (Å²) < 4.78 is 10.7. The van der Waals surface area contributed by atoms with Gasteiger partial charge in [0.05, 0.1) is 12.2 Å². The molecule has 6 nitrogen and oxygen atoms in total. The van der Waals surface area contributed by atoms with Crippen molar-refractivity contribution >= 4 is 11.9 Å². The number of aliphatic carboxylic acids is 2. The molecule has 0 aromatic carbocycles. The Morgan fingerprint density at radius 1 is 0.941 bits per heavy atom. The van der Waals surface area contributed by atoms with Crippen molar-refractivity contribution in [2.24, 2.45) is 0 Å². The van der Waals surface area contributed by atoms with Crippen molar-refractivity contribution in [1.29, 1.82) is 0 Å². The maximum atomic E-state index is 9.79. The van der Waals surface area contributed by atoms with Crippen LogP contribution in [0.25, 0.3) is 0 Å². The summed E-state index contributed by atoms with van der Waals surface area (Å²) in [6.45, 7) is 1.82. The van der Waals surface area contributed by atoms with Crippen LogP contribution in [0, 0.1) is 0 Å². The quantitative estimate of drug-likeness (QED) is 0.765. The highest BCUT2D eigenvalue weighted by Gasteiger charge is 2.33. The predicted molar refractivity (Wildman–Crippen MR) is 57.8 cm³/mol. The van der Waals surface area contributed by atoms with Gasteiger partial charge in [0.25, 0.3) is 0 Å². The molecule has 2 saturated heterocycles. The molecule has 0 aromatic rings. The van der Waals surface area contributed by atoms with E-state index >= 15 is 0 Å². The molecule has 2 atom stereocenters. The van der Waals surface area contributed by atoms with Crippen LogP contribution in [-0.2, 0) is 19.1 Å². The van der Waals surface area contributed by atoms with Crippen LogP contribution >= 0.6 is 0 Å². The third kappa shape index (κ3) is 5.65. The van der Waals surface area contributed by atoms with Gasteiger partial charge in [0.2, 0.25) is 0 Å². The Morgan fingerprint density at radius 3 is 1.71 bits per heavy atom. The molecule has 2 aliphatic heterocycles. The van der Waals surface area contributed by atoms with Crippen LogP contribution < -0.4 is 0 Å². The average Bonchev–Trinajstić information content (AvgIpc) is 2.77. The van der Waals surface area contributed by atoms with E-state index in [2.05, 4.69) is 0 Å². The summed E-state index contributed by atoms with van der Waals surface area (Å²) >= 11 is 0. The SMILES string of the molecule is C1C[C@H]2OCC[C@H]2O1.O=C(O)CCCC(=O)O. The van der Waals surface area contributed by atoms with E-state index in [0.717, 1.165) is 26.1 Å². The molecule has 2 aliphatic rings. The van der Waals surface area contributed by atoms with Gasteiger partial charge in [-0.05, 0) is 19.3 Å². The highest BCUT2D eigenvalue weighted by Crippen LogP contribution is 2.25. The number of fused-ring (bicyclic) bond motifs is 1. The normalized spacial score (nSPS) is 25.9. The summed E-state index contributed by atoms with van der Waals surface area (Å²) in [4.78, 5) is 19.6. The lowest BCUT2D eigenvalue weighted by Gasteiger charge is -2.03. The number of carboxylic acids is 2. The van der Waals surface area contributed by atoms with Crippen molar-refractivity contribution in [3.05, 3.63) is 0 Å². The van der Waals surface area contributed by atoms with E-state index < -0.39 is 11.9 Å². The smallest absolute Gasteiger partial charge is 0.303 e. The van der Waals surface area contributed by atoms with Crippen molar-refractivity contribution in [3.63, 3.8) is 0 Å². The molecule has 2 N–H and O–H groups in total. The van der Waals surface area contributed by atoms with Crippen molar-refractivity contribution < 1.29 is 29.3 Å². The van der Waals surface area contributed by atoms with Gasteiger partial charge in [-0.25, -0.2) is 0 Å². The molecule has 0 amide bonds. The fraction of sp³-hybridized carbons (Fsp3) is 0.818. The van der Waals surface area contributed by atoms with Gasteiger partial charge >= 0.3 is 11.9 Å². The van der Waals surface area contributed by atoms with Crippen LogP contribution in [0.5, 0.6) is 0 Å². The number of rotatable bonds is 4. The zero-order chi connectivity index (χ0) is 12.7. The Hall–Kier alpha value is -1.14. The minimum absolute atomic E-state index is 0.0632. The van der Waals surface area contributed by atoms with Crippen LogP contribution in [0.15, 0.2) is 0 Å². The van der Waals surface area contributed by atoms with Crippen molar-refractivity contribution in [2.75, 3.05) is 13.2 Å². The average molecular weight is 246 g/mol. The highest BCUT2D eigenvalue weighted by atomic mass is 16.6. The summed E-state index contributed by atoms with van der Waals surface area (Å²) in [5.41, 5.74) is 0. The number of carbonyl (C=O) groups is 2. The first-order chi connectivity index (χ1) is 8.09. The fourth-order valence-electron chi connectivity index (χ4n) is 1.82. The van der Waals surface area contributed by atoms with Crippen LogP contribution in [0.1, 0.15) is 32.1 Å². The van der Waals surface area contributed by atoms with E-state index in [0.29, 0.717) is 12.2 Å². The summed E-state index contributed by atoms with van der Waals surface area (Å²) in [5.74, 6) is -1.90. The van der Waals surface area contributed by atoms with Crippen molar-refractivity contribution in [2.45, 2.75) is 44.3 Å². The summed E-state index contributed by atoms with van der Waals surface area (Å²) in [6, 6.07) is 0. The van der Waals surface area contributed by atoms with Gasteiger partial charge in [0.15, 0.2) is 0 Å². The monoisotopic (exact) mass is 246 g/mol. The maximum Gasteiger partial charge on any atom is 0.303 e. The summed E-state index contributed by atoms with van der Waals surface area (Å²) in [7, 11) is 0. The van der Waals surface area contributed by atoms with Crippen LogP contribution in [-0.4, -0.2) is 47.6 Å². The number of carboxylic acid groups (broad SMARTS) is 2. The first-order valence-corrected chi connectivity index (χ1v) is 5.76. The second-order valence-corrected chi connectivity index (χ2v) is 4.04. The van der Waals surface area contributed by atoms with Gasteiger partial charge in [-0.3, -0.25) is 9.59 Å². The molecule has 0 bridgehead atoms. The molecule has 98 valence electrons. The Bertz CT molecular complexity index is 231. The standard InChI is InChI=1S/C6H10O2.C5H8O4/c1-3-7-6-2-4-8-5(1)6;6-4(7)2-1-3-5(8)9/h5-6H,1-4H2;1-3H2,(H,6,7)(H,8,9)/t5-,6-;/m1./s1. The van der Waals surface area contributed by atoms with E-state index in [1.54, 1.807) is 0 Å². The Balaban J connectivity index is 0.000000170. The minimum atomic E-state index is -0.948. The molecule has 6 heteroatoms. The zero-order valence-corrected chi connectivity index (χ0v) is 9.63. The molecular formula is C11H18O6. The Labute approximate surface area is 99.5 Å². The van der Waals surface area contributed by atoms with Gasteiger partial charge in [0.1, 0.15) is 0 Å². The first kappa shape index (κ1) is 13.9. The summed E-state index contributed by atoms with van der Waals surface area (Å²) in [6.07, 6.45) is 3.23. The van der Waals surface area contributed by atoms with Crippen LogP contribution in [0.2, 0.25) is 0 Å². The molecule has 0 unspecified atom stereocenters. The molecule has 2 rings (SSSR count). The first-order valence-electron chi connectivity index (χ1n) is 5.76. The largest absolute Gasteiger partial charge is 0.481 e. The maximum absolute atomic E-state index is 9.79. The van der Waals surface area contributed by atoms with Gasteiger partial charge in [-0.15, -0.1) is 0 Å². The van der Waals surface area contributed by atoms with E-state index in [1.165, 1.54) is 0 Å². The predicted octanol–water partition coefficient (Wildman–Crippen LogP) is 0.890. The molecule has 0 aliphatic carbocycles. The lowest BCUT2D eigenvalue weighted by molar-refractivity contribution is -0.138. The lowest BCUT2D eigenvalue weighted by Crippen LogP contribution is -2.13. The minimum Gasteiger partial charge on any atom is -0.481 e. The molecule has 17 heavy (non-hydrogen) atoms. The van der Waals surface area contributed by atoms with Crippen molar-refractivity contribution in [1.82, 2.24) is 0 Å². The van der Waals surface area contributed by atoms with Crippen LogP contribution in [0.3, 0.4) is 0 Å². The third-order valence-electron chi connectivity index (χ3n) is 2.66. The molecule has 0 radical (unpaired) electrons. The number of hydrogen-bond acceptors (Lipinski definition) is 4. The molecular weight excluding hydrogens is 228 g/mol. The fourth-order valence-corrected chi connectivity index (χ4v) is 1.82. The zero-order valence-electron chi connectivity index (χ0n) is 9.63. The van der Waals surface area contributed by atoms with E-state index in [4.69, 9.17) is 19.7 Å². The number of hydrogen-bond donors (Lipinski definition) is 2. The molecule has 0 aromatic heterocycles. The Morgan fingerprint density at radius 2 is 1.35 bits per heavy atom. The van der Waals surface area contributed by atoms with Gasteiger partial charge in [-0.2, -0.15) is 0 Å². The van der Waals surface area contributed by atoms with Crippen molar-refractivity contribution in [3.8, 4) is 0 Å². The third-order valence-corrected chi connectivity index (χ3v) is 2.66. The number of ether oxygens (including phenoxy) is 2. The van der Waals surface area contributed by atoms with Gasteiger partial charge < -0.3 is 19.7 Å². The van der Waals surface area contributed by atoms with E-state index in [1.807, 2.05) is 0 Å². The van der Waals surface area contributed by atoms with Gasteiger partial charge in [0, 0.05) is 26.1 Å². The molecule has 0 spiro atoms. The lowest BCUT2D eigenvalue weighted by atomic mass is 10.2. The van der Waals surface area contributed by atoms with E-state index in [-0.39, 0.29) is 19.3 Å². The molecule has 0 saturated carbocycles. The van der Waals surface area contributed by atoms with E-state index in [9.17, 15) is 9.59 Å². The topological polar surface area (TPSA) is 93.1 Å². The summed E-state index contributed by atoms with van der Waals surface area (Å²) in [5, 5.41) is 16.1. The second kappa shape index (κ2) is 7.24. The van der Waals surface area contributed by atoms with Gasteiger partial charge in [-0.1, -0.05) is 0 Å².